The molecule has 2 N–H and O–H groups in total. The fourth-order valence-electron chi connectivity index (χ4n) is 2.18. The van der Waals surface area contributed by atoms with Crippen LogP contribution in [0, 0.1) is 11.3 Å². The second-order valence-corrected chi connectivity index (χ2v) is 5.80. The van der Waals surface area contributed by atoms with Crippen molar-refractivity contribution in [3.8, 4) is 11.8 Å². The van der Waals surface area contributed by atoms with Crippen molar-refractivity contribution < 1.29 is 22.7 Å². The average molecular weight is 410 g/mol. The van der Waals surface area contributed by atoms with Crippen LogP contribution in [0.1, 0.15) is 12.5 Å². The minimum Gasteiger partial charge on any atom is -0.492 e. The molecule has 9 heteroatoms. The van der Waals surface area contributed by atoms with Crippen molar-refractivity contribution in [2.45, 2.75) is 13.1 Å². The van der Waals surface area contributed by atoms with E-state index in [1.54, 1.807) is 30.3 Å². The summed E-state index contributed by atoms with van der Waals surface area (Å²) in [6.45, 7) is 2.23. The summed E-state index contributed by atoms with van der Waals surface area (Å²) in [7, 11) is 0. The number of anilines is 2. The van der Waals surface area contributed by atoms with Gasteiger partial charge in [-0.1, -0.05) is 23.7 Å². The van der Waals surface area contributed by atoms with Crippen LogP contribution in [0.15, 0.2) is 54.2 Å². The third kappa shape index (κ3) is 5.41. The zero-order valence-electron chi connectivity index (χ0n) is 14.6. The molecule has 0 radical (unpaired) electrons. The number of hydrogen-bond donors (Lipinski definition) is 2. The number of halogens is 4. The minimum atomic E-state index is -4.67. The number of nitrogens with zero attached hydrogens (tertiary/aromatic N) is 1. The maximum absolute atomic E-state index is 12.9. The number of rotatable bonds is 6. The van der Waals surface area contributed by atoms with E-state index in [-0.39, 0.29) is 11.3 Å². The van der Waals surface area contributed by atoms with Gasteiger partial charge in [0.2, 0.25) is 0 Å². The molecule has 0 aliphatic heterocycles. The maximum Gasteiger partial charge on any atom is 0.417 e. The van der Waals surface area contributed by atoms with Gasteiger partial charge < -0.3 is 15.4 Å². The summed E-state index contributed by atoms with van der Waals surface area (Å²) in [5.41, 5.74) is -1.04. The Balaban J connectivity index is 2.19. The van der Waals surface area contributed by atoms with Gasteiger partial charge in [-0.15, -0.1) is 0 Å². The molecule has 0 aromatic heterocycles. The second-order valence-electron chi connectivity index (χ2n) is 5.39. The monoisotopic (exact) mass is 409 g/mol. The van der Waals surface area contributed by atoms with Crippen LogP contribution in [-0.2, 0) is 11.0 Å². The van der Waals surface area contributed by atoms with Gasteiger partial charge in [-0.25, -0.2) is 0 Å². The molecule has 146 valence electrons. The van der Waals surface area contributed by atoms with Crippen LogP contribution in [0.2, 0.25) is 5.02 Å². The summed E-state index contributed by atoms with van der Waals surface area (Å²) in [5.74, 6) is -0.356. The van der Waals surface area contributed by atoms with Crippen molar-refractivity contribution in [3.63, 3.8) is 0 Å². The number of nitrogens with one attached hydrogen (secondary N) is 2. The summed E-state index contributed by atoms with van der Waals surface area (Å²) >= 11 is 5.55. The summed E-state index contributed by atoms with van der Waals surface area (Å²) in [5, 5.41) is 13.7. The maximum atomic E-state index is 12.9. The third-order valence-electron chi connectivity index (χ3n) is 3.45. The molecule has 2 aromatic carbocycles. The summed E-state index contributed by atoms with van der Waals surface area (Å²) in [4.78, 5) is 12.2. The first-order valence-corrected chi connectivity index (χ1v) is 8.40. The number of alkyl halides is 3. The van der Waals surface area contributed by atoms with E-state index in [9.17, 15) is 23.2 Å². The van der Waals surface area contributed by atoms with Crippen molar-refractivity contribution in [1.82, 2.24) is 0 Å². The molecule has 0 aliphatic rings. The lowest BCUT2D eigenvalue weighted by Gasteiger charge is -2.12. The highest BCUT2D eigenvalue weighted by Crippen LogP contribution is 2.36. The number of para-hydroxylation sites is 2. The first-order chi connectivity index (χ1) is 13.3. The highest BCUT2D eigenvalue weighted by Gasteiger charge is 2.33. The molecule has 0 unspecified atom stereocenters. The predicted molar refractivity (Wildman–Crippen MR) is 100 cm³/mol. The fourth-order valence-corrected chi connectivity index (χ4v) is 2.41. The van der Waals surface area contributed by atoms with Gasteiger partial charge in [-0.3, -0.25) is 4.79 Å². The molecule has 0 bridgehead atoms. The lowest BCUT2D eigenvalue weighted by atomic mass is 10.2. The Labute approximate surface area is 164 Å². The lowest BCUT2D eigenvalue weighted by molar-refractivity contribution is -0.137. The van der Waals surface area contributed by atoms with Crippen LogP contribution in [0.3, 0.4) is 0 Å². The second kappa shape index (κ2) is 9.15. The topological polar surface area (TPSA) is 74.1 Å². The third-order valence-corrected chi connectivity index (χ3v) is 3.78. The van der Waals surface area contributed by atoms with Crippen LogP contribution >= 0.6 is 11.6 Å². The Morgan fingerprint density at radius 2 is 2.00 bits per heavy atom. The molecule has 0 saturated heterocycles. The molecule has 0 atom stereocenters. The summed E-state index contributed by atoms with van der Waals surface area (Å²) < 4.78 is 44.2. The number of benzene rings is 2. The van der Waals surface area contributed by atoms with E-state index in [2.05, 4.69) is 10.6 Å². The van der Waals surface area contributed by atoms with Gasteiger partial charge in [0.15, 0.2) is 0 Å². The summed E-state index contributed by atoms with van der Waals surface area (Å²) in [6.07, 6.45) is -3.52. The van der Waals surface area contributed by atoms with Crippen LogP contribution in [0.25, 0.3) is 0 Å². The Bertz CT molecular complexity index is 937. The molecule has 28 heavy (non-hydrogen) atoms. The Morgan fingerprint density at radius 3 is 2.64 bits per heavy atom. The highest BCUT2D eigenvalue weighted by atomic mass is 35.5. The average Bonchev–Trinajstić information content (AvgIpc) is 2.64. The van der Waals surface area contributed by atoms with E-state index in [1.807, 2.05) is 6.92 Å². The van der Waals surface area contributed by atoms with Crippen molar-refractivity contribution in [2.24, 2.45) is 0 Å². The quantitative estimate of drug-likeness (QED) is 0.507. The van der Waals surface area contributed by atoms with Crippen LogP contribution in [0.5, 0.6) is 5.75 Å². The minimum absolute atomic E-state index is 0.141. The fraction of sp³-hybridized carbons (Fsp3) is 0.158. The Hall–Kier alpha value is -3.18. The first kappa shape index (κ1) is 21.1. The summed E-state index contributed by atoms with van der Waals surface area (Å²) in [6, 6.07) is 11.5. The highest BCUT2D eigenvalue weighted by molar-refractivity contribution is 6.31. The smallest absolute Gasteiger partial charge is 0.417 e. The van der Waals surface area contributed by atoms with Crippen LogP contribution < -0.4 is 15.4 Å². The zero-order chi connectivity index (χ0) is 20.7. The number of ether oxygens (including phenoxy) is 1. The molecule has 0 fully saturated rings. The van der Waals surface area contributed by atoms with Gasteiger partial charge in [0, 0.05) is 11.9 Å². The molecule has 0 saturated carbocycles. The lowest BCUT2D eigenvalue weighted by Crippen LogP contribution is -2.15. The van der Waals surface area contributed by atoms with E-state index in [4.69, 9.17) is 16.3 Å². The van der Waals surface area contributed by atoms with Gasteiger partial charge in [0.1, 0.15) is 17.4 Å². The molecule has 1 amide bonds. The van der Waals surface area contributed by atoms with E-state index in [1.165, 1.54) is 6.07 Å². The van der Waals surface area contributed by atoms with Crippen molar-refractivity contribution in [2.75, 3.05) is 17.2 Å². The predicted octanol–water partition coefficient (Wildman–Crippen LogP) is 5.22. The van der Waals surface area contributed by atoms with Gasteiger partial charge in [0.05, 0.1) is 22.9 Å². The SMILES string of the molecule is CCOc1ccccc1N/C=C(/C#N)C(=O)Nc1ccc(Cl)c(C(F)(F)F)c1. The van der Waals surface area contributed by atoms with Crippen molar-refractivity contribution >= 4 is 28.9 Å². The molecule has 2 rings (SSSR count). The van der Waals surface area contributed by atoms with E-state index >= 15 is 0 Å². The number of carbonyl (C=O) groups is 1. The van der Waals surface area contributed by atoms with E-state index < -0.39 is 22.7 Å². The molecule has 2 aromatic rings. The number of hydrogen-bond acceptors (Lipinski definition) is 4. The normalized spacial score (nSPS) is 11.5. The zero-order valence-corrected chi connectivity index (χ0v) is 15.4. The van der Waals surface area contributed by atoms with Crippen LogP contribution in [-0.4, -0.2) is 12.5 Å². The van der Waals surface area contributed by atoms with E-state index in [0.717, 1.165) is 12.3 Å². The van der Waals surface area contributed by atoms with Crippen molar-refractivity contribution in [3.05, 3.63) is 64.8 Å². The molecule has 0 aliphatic carbocycles. The van der Waals surface area contributed by atoms with E-state index in [0.29, 0.717) is 24.1 Å². The number of amides is 1. The first-order valence-electron chi connectivity index (χ1n) is 8.03. The van der Waals surface area contributed by atoms with Gasteiger partial charge in [-0.2, -0.15) is 18.4 Å². The molecule has 0 spiro atoms. The Kier molecular flexibility index (Phi) is 6.90. The van der Waals surface area contributed by atoms with Gasteiger partial charge in [-0.05, 0) is 37.3 Å². The molecular formula is C19H15ClF3N3O2. The van der Waals surface area contributed by atoms with Crippen molar-refractivity contribution in [1.29, 1.82) is 5.26 Å². The van der Waals surface area contributed by atoms with Gasteiger partial charge >= 0.3 is 6.18 Å². The number of carbonyl (C=O) groups excluding carboxylic acids is 1. The molecule has 0 heterocycles. The standard InChI is InChI=1S/C19H15ClF3N3O2/c1-2-28-17-6-4-3-5-16(17)25-11-12(10-24)18(27)26-13-7-8-15(20)14(9-13)19(21,22)23/h3-9,11,25H,2H2,1H3,(H,26,27)/b12-11-. The number of nitriles is 1. The molecule has 5 nitrogen and oxygen atoms in total. The van der Waals surface area contributed by atoms with Crippen LogP contribution in [0.4, 0.5) is 24.5 Å². The largest absolute Gasteiger partial charge is 0.492 e. The van der Waals surface area contributed by atoms with Gasteiger partial charge in [0.25, 0.3) is 5.91 Å². The Morgan fingerprint density at radius 1 is 1.29 bits per heavy atom. The molecular weight excluding hydrogens is 395 g/mol.